The minimum atomic E-state index is 0.388. The lowest BCUT2D eigenvalue weighted by Gasteiger charge is -2.41. The molecular weight excluding hydrogens is 200 g/mol. The predicted octanol–water partition coefficient (Wildman–Crippen LogP) is 2.31. The number of hydrogen-bond acceptors (Lipinski definition) is 3. The second kappa shape index (κ2) is 3.73. The highest BCUT2D eigenvalue weighted by atomic mass is 16.4. The van der Waals surface area contributed by atoms with Gasteiger partial charge in [-0.05, 0) is 37.8 Å². The number of nitrogens with zero attached hydrogens (tertiary/aromatic N) is 2. The van der Waals surface area contributed by atoms with E-state index in [0.717, 1.165) is 12.3 Å². The fraction of sp³-hybridized carbons (Fsp3) is 0.923. The molecule has 0 heterocycles. The summed E-state index contributed by atoms with van der Waals surface area (Å²) < 4.78 is 0. The Morgan fingerprint density at radius 2 is 2.06 bits per heavy atom. The van der Waals surface area contributed by atoms with Crippen LogP contribution < -0.4 is 0 Å². The van der Waals surface area contributed by atoms with Gasteiger partial charge in [-0.15, -0.1) is 0 Å². The summed E-state index contributed by atoms with van der Waals surface area (Å²) in [6.45, 7) is 8.07. The molecule has 2 rings (SSSR count). The molecule has 0 spiro atoms. The molecule has 3 nitrogen and oxygen atoms in total. The van der Waals surface area contributed by atoms with E-state index in [9.17, 15) is 5.21 Å². The van der Waals surface area contributed by atoms with Gasteiger partial charge in [0.15, 0.2) is 0 Å². The summed E-state index contributed by atoms with van der Waals surface area (Å²) in [5, 5.41) is 12.8. The molecule has 0 saturated heterocycles. The van der Waals surface area contributed by atoms with Crippen molar-refractivity contribution in [2.24, 2.45) is 34.2 Å². The Balaban J connectivity index is 2.27. The molecule has 2 fully saturated rings. The van der Waals surface area contributed by atoms with Gasteiger partial charge in [0, 0.05) is 18.4 Å². The fourth-order valence-electron chi connectivity index (χ4n) is 3.94. The molecule has 0 radical (unpaired) electrons. The minimum Gasteiger partial charge on any atom is -0.411 e. The van der Waals surface area contributed by atoms with E-state index in [-0.39, 0.29) is 0 Å². The van der Waals surface area contributed by atoms with E-state index in [1.807, 2.05) is 0 Å². The number of rotatable bonds is 2. The van der Waals surface area contributed by atoms with E-state index in [0.29, 0.717) is 29.1 Å². The average molecular weight is 224 g/mol. The molecule has 4 atom stereocenters. The smallest absolute Gasteiger partial charge is 0.0651 e. The molecule has 0 aromatic carbocycles. The summed E-state index contributed by atoms with van der Waals surface area (Å²) in [6, 6.07) is 0. The van der Waals surface area contributed by atoms with Crippen LogP contribution in [0.15, 0.2) is 5.16 Å². The molecule has 0 aromatic heterocycles. The Morgan fingerprint density at radius 1 is 1.44 bits per heavy atom. The topological polar surface area (TPSA) is 35.8 Å². The lowest BCUT2D eigenvalue weighted by Crippen LogP contribution is -2.43. The molecule has 0 aliphatic heterocycles. The molecule has 2 bridgehead atoms. The van der Waals surface area contributed by atoms with Crippen molar-refractivity contribution in [2.45, 2.75) is 27.2 Å². The Hall–Kier alpha value is -0.570. The van der Waals surface area contributed by atoms with Gasteiger partial charge in [0.2, 0.25) is 0 Å². The Morgan fingerprint density at radius 3 is 2.56 bits per heavy atom. The highest BCUT2D eigenvalue weighted by Crippen LogP contribution is 2.60. The molecule has 0 amide bonds. The van der Waals surface area contributed by atoms with Crippen LogP contribution in [0.3, 0.4) is 0 Å². The van der Waals surface area contributed by atoms with Crippen molar-refractivity contribution in [2.75, 3.05) is 20.6 Å². The SMILES string of the molecule is C[C@H]1[C@H]2C[C@@H]([C@H](CN(C)C)/C2=N\O)C1(C)C. The summed E-state index contributed by atoms with van der Waals surface area (Å²) in [7, 11) is 4.19. The number of fused-ring (bicyclic) bond motifs is 2. The first-order valence-corrected chi connectivity index (χ1v) is 6.26. The van der Waals surface area contributed by atoms with Crippen molar-refractivity contribution in [3.05, 3.63) is 0 Å². The van der Waals surface area contributed by atoms with Crippen molar-refractivity contribution in [3.8, 4) is 0 Å². The highest BCUT2D eigenvalue weighted by Gasteiger charge is 2.58. The van der Waals surface area contributed by atoms with Crippen LogP contribution >= 0.6 is 0 Å². The molecular formula is C13H24N2O. The number of oxime groups is 1. The summed E-state index contributed by atoms with van der Waals surface area (Å²) in [6.07, 6.45) is 1.21. The predicted molar refractivity (Wildman–Crippen MR) is 65.8 cm³/mol. The van der Waals surface area contributed by atoms with E-state index in [4.69, 9.17) is 0 Å². The van der Waals surface area contributed by atoms with Crippen LogP contribution in [0.25, 0.3) is 0 Å². The molecule has 2 saturated carbocycles. The first-order chi connectivity index (χ1) is 7.39. The van der Waals surface area contributed by atoms with Crippen LogP contribution in [0, 0.1) is 29.1 Å². The normalized spacial score (nSPS) is 43.5. The van der Waals surface area contributed by atoms with E-state index >= 15 is 0 Å². The second-order valence-electron chi connectivity index (χ2n) is 6.45. The van der Waals surface area contributed by atoms with Gasteiger partial charge in [0.1, 0.15) is 0 Å². The van der Waals surface area contributed by atoms with Crippen molar-refractivity contribution in [1.82, 2.24) is 4.90 Å². The third-order valence-corrected chi connectivity index (χ3v) is 5.16. The van der Waals surface area contributed by atoms with Gasteiger partial charge < -0.3 is 10.1 Å². The number of hydrogen-bond donors (Lipinski definition) is 1. The van der Waals surface area contributed by atoms with Crippen LogP contribution in [0.4, 0.5) is 0 Å². The zero-order valence-electron chi connectivity index (χ0n) is 11.1. The Kier molecular flexibility index (Phi) is 2.77. The van der Waals surface area contributed by atoms with Gasteiger partial charge in [-0.3, -0.25) is 0 Å². The highest BCUT2D eigenvalue weighted by molar-refractivity contribution is 5.92. The monoisotopic (exact) mass is 224 g/mol. The molecule has 16 heavy (non-hydrogen) atoms. The fourth-order valence-corrected chi connectivity index (χ4v) is 3.94. The van der Waals surface area contributed by atoms with Crippen LogP contribution in [0.5, 0.6) is 0 Å². The van der Waals surface area contributed by atoms with Crippen LogP contribution in [-0.4, -0.2) is 36.5 Å². The summed E-state index contributed by atoms with van der Waals surface area (Å²) >= 11 is 0. The van der Waals surface area contributed by atoms with Gasteiger partial charge in [0.25, 0.3) is 0 Å². The standard InChI is InChI=1S/C13H24N2O/c1-8-9-6-11(13(8,2)3)10(7-15(4)5)12(9)14-16/h8-11,16H,6-7H2,1-5H3/b14-12-/t8-,9+,10-,11-/m0/s1. The second-order valence-corrected chi connectivity index (χ2v) is 6.45. The maximum absolute atomic E-state index is 9.23. The maximum Gasteiger partial charge on any atom is 0.0651 e. The van der Waals surface area contributed by atoms with Crippen molar-refractivity contribution in [1.29, 1.82) is 0 Å². The zero-order chi connectivity index (χ0) is 12.1. The summed E-state index contributed by atoms with van der Waals surface area (Å²) in [5.74, 6) is 2.29. The third kappa shape index (κ3) is 1.48. The molecule has 0 unspecified atom stereocenters. The maximum atomic E-state index is 9.23. The largest absolute Gasteiger partial charge is 0.411 e. The van der Waals surface area contributed by atoms with E-state index in [2.05, 4.69) is 44.9 Å². The molecule has 2 aliphatic carbocycles. The Bertz CT molecular complexity index is 309. The third-order valence-electron chi connectivity index (χ3n) is 5.16. The van der Waals surface area contributed by atoms with Gasteiger partial charge in [-0.1, -0.05) is 25.9 Å². The quantitative estimate of drug-likeness (QED) is 0.577. The molecule has 3 heteroatoms. The first kappa shape index (κ1) is 11.9. The van der Waals surface area contributed by atoms with Crippen molar-refractivity contribution >= 4 is 5.71 Å². The average Bonchev–Trinajstić information content (AvgIpc) is 2.63. The van der Waals surface area contributed by atoms with Crippen molar-refractivity contribution in [3.63, 3.8) is 0 Å². The molecule has 2 aliphatic rings. The van der Waals surface area contributed by atoms with Gasteiger partial charge >= 0.3 is 0 Å². The van der Waals surface area contributed by atoms with Gasteiger partial charge in [0.05, 0.1) is 5.71 Å². The van der Waals surface area contributed by atoms with Crippen molar-refractivity contribution < 1.29 is 5.21 Å². The first-order valence-electron chi connectivity index (χ1n) is 6.26. The zero-order valence-corrected chi connectivity index (χ0v) is 11.1. The summed E-state index contributed by atoms with van der Waals surface area (Å²) in [4.78, 5) is 2.21. The summed E-state index contributed by atoms with van der Waals surface area (Å²) in [5.41, 5.74) is 1.45. The van der Waals surface area contributed by atoms with E-state index in [1.54, 1.807) is 0 Å². The Labute approximate surface area is 98.5 Å². The minimum absolute atomic E-state index is 0.388. The van der Waals surface area contributed by atoms with Crippen LogP contribution in [0.2, 0.25) is 0 Å². The van der Waals surface area contributed by atoms with Gasteiger partial charge in [-0.2, -0.15) is 0 Å². The molecule has 0 aromatic rings. The van der Waals surface area contributed by atoms with Crippen LogP contribution in [-0.2, 0) is 0 Å². The van der Waals surface area contributed by atoms with E-state index in [1.165, 1.54) is 6.42 Å². The molecule has 92 valence electrons. The lowest BCUT2D eigenvalue weighted by molar-refractivity contribution is 0.128. The van der Waals surface area contributed by atoms with Crippen LogP contribution in [0.1, 0.15) is 27.2 Å². The van der Waals surface area contributed by atoms with E-state index < -0.39 is 0 Å². The van der Waals surface area contributed by atoms with Gasteiger partial charge in [-0.25, -0.2) is 0 Å². The lowest BCUT2D eigenvalue weighted by atomic mass is 9.64. The molecule has 1 N–H and O–H groups in total.